The van der Waals surface area contributed by atoms with Gasteiger partial charge in [-0.25, -0.2) is 4.98 Å². The van der Waals surface area contributed by atoms with Crippen molar-refractivity contribution >= 4 is 11.8 Å². The molecule has 7 nitrogen and oxygen atoms in total. The molecule has 4 N–H and O–H groups in total. The Morgan fingerprint density at radius 2 is 1.96 bits per heavy atom. The van der Waals surface area contributed by atoms with Gasteiger partial charge in [-0.05, 0) is 12.5 Å². The van der Waals surface area contributed by atoms with Gasteiger partial charge >= 0.3 is 0 Å². The molecule has 0 spiro atoms. The van der Waals surface area contributed by atoms with E-state index in [1.165, 1.54) is 5.56 Å². The van der Waals surface area contributed by atoms with Crippen molar-refractivity contribution in [1.29, 1.82) is 0 Å². The summed E-state index contributed by atoms with van der Waals surface area (Å²) in [6.45, 7) is 6.20. The Kier molecular flexibility index (Phi) is 5.80. The van der Waals surface area contributed by atoms with Gasteiger partial charge in [0.25, 0.3) is 0 Å². The number of aliphatic hydroxyl groups is 1. The molecular weight excluding hydrogens is 318 g/mol. The zero-order valence-corrected chi connectivity index (χ0v) is 14.5. The summed E-state index contributed by atoms with van der Waals surface area (Å²) in [5.41, 5.74) is 8.82. The zero-order chi connectivity index (χ0) is 17.6. The third-order valence-electron chi connectivity index (χ3n) is 4.44. The lowest BCUT2D eigenvalue weighted by Crippen LogP contribution is -2.37. The SMILES string of the molecule is C[C@@H](c1ccc(-c2cc(NCCO)nc(N)n2)cc1)N1CCOCC1. The lowest BCUT2D eigenvalue weighted by Gasteiger charge is -2.32. The molecule has 0 unspecified atom stereocenters. The van der Waals surface area contributed by atoms with Crippen LogP contribution in [0.4, 0.5) is 11.8 Å². The molecule has 134 valence electrons. The van der Waals surface area contributed by atoms with Crippen molar-refractivity contribution in [2.24, 2.45) is 0 Å². The minimum absolute atomic E-state index is 0.0351. The summed E-state index contributed by atoms with van der Waals surface area (Å²) in [5, 5.41) is 11.9. The van der Waals surface area contributed by atoms with Crippen molar-refractivity contribution in [2.75, 3.05) is 50.5 Å². The van der Waals surface area contributed by atoms with Gasteiger partial charge in [0.1, 0.15) is 5.82 Å². The van der Waals surface area contributed by atoms with Crippen LogP contribution in [0.25, 0.3) is 11.3 Å². The third-order valence-corrected chi connectivity index (χ3v) is 4.44. The van der Waals surface area contributed by atoms with Crippen LogP contribution in [0.2, 0.25) is 0 Å². The highest BCUT2D eigenvalue weighted by atomic mass is 16.5. The van der Waals surface area contributed by atoms with Gasteiger partial charge in [0.05, 0.1) is 25.5 Å². The average molecular weight is 343 g/mol. The number of hydrogen-bond acceptors (Lipinski definition) is 7. The lowest BCUT2D eigenvalue weighted by molar-refractivity contribution is 0.0198. The topological polar surface area (TPSA) is 96.5 Å². The maximum atomic E-state index is 8.92. The molecule has 1 aliphatic rings. The molecule has 1 aliphatic heterocycles. The molecule has 1 aromatic heterocycles. The van der Waals surface area contributed by atoms with Gasteiger partial charge in [0.15, 0.2) is 0 Å². The standard InChI is InChI=1S/C18H25N5O2/c1-13(23-7-10-25-11-8-23)14-2-4-15(5-3-14)16-12-17(20-6-9-24)22-18(19)21-16/h2-5,12-13,24H,6-11H2,1H3,(H3,19,20,21,22)/t13-/m0/s1. The summed E-state index contributed by atoms with van der Waals surface area (Å²) >= 11 is 0. The van der Waals surface area contributed by atoms with Gasteiger partial charge in [-0.15, -0.1) is 0 Å². The Morgan fingerprint density at radius 1 is 1.24 bits per heavy atom. The van der Waals surface area contributed by atoms with E-state index in [4.69, 9.17) is 15.6 Å². The van der Waals surface area contributed by atoms with Crippen molar-refractivity contribution in [2.45, 2.75) is 13.0 Å². The van der Waals surface area contributed by atoms with Crippen LogP contribution in [0.3, 0.4) is 0 Å². The Bertz CT molecular complexity index is 686. The average Bonchev–Trinajstić information content (AvgIpc) is 2.66. The number of ether oxygens (including phenoxy) is 1. The van der Waals surface area contributed by atoms with Gasteiger partial charge in [0, 0.05) is 37.3 Å². The molecule has 0 amide bonds. The number of benzene rings is 1. The van der Waals surface area contributed by atoms with Crippen molar-refractivity contribution < 1.29 is 9.84 Å². The lowest BCUT2D eigenvalue weighted by atomic mass is 10.0. The van der Waals surface area contributed by atoms with Crippen LogP contribution < -0.4 is 11.1 Å². The number of nitrogen functional groups attached to an aromatic ring is 1. The van der Waals surface area contributed by atoms with E-state index in [1.54, 1.807) is 0 Å². The van der Waals surface area contributed by atoms with Crippen molar-refractivity contribution in [3.63, 3.8) is 0 Å². The number of aromatic nitrogens is 2. The smallest absolute Gasteiger partial charge is 0.222 e. The molecule has 1 saturated heterocycles. The van der Waals surface area contributed by atoms with E-state index in [9.17, 15) is 0 Å². The summed E-state index contributed by atoms with van der Waals surface area (Å²) in [6, 6.07) is 10.6. The summed E-state index contributed by atoms with van der Waals surface area (Å²) in [4.78, 5) is 10.9. The van der Waals surface area contributed by atoms with Crippen LogP contribution >= 0.6 is 0 Å². The van der Waals surface area contributed by atoms with Gasteiger partial charge < -0.3 is 20.9 Å². The Labute approximate surface area is 147 Å². The van der Waals surface area contributed by atoms with Crippen LogP contribution in [0.5, 0.6) is 0 Å². The van der Waals surface area contributed by atoms with E-state index in [0.717, 1.165) is 37.6 Å². The second-order valence-corrected chi connectivity index (χ2v) is 6.09. The number of anilines is 2. The maximum Gasteiger partial charge on any atom is 0.222 e. The van der Waals surface area contributed by atoms with Crippen LogP contribution in [-0.4, -0.2) is 59.4 Å². The molecule has 25 heavy (non-hydrogen) atoms. The number of aliphatic hydroxyl groups excluding tert-OH is 1. The molecule has 2 heterocycles. The van der Waals surface area contributed by atoms with Gasteiger partial charge in [0.2, 0.25) is 5.95 Å². The fourth-order valence-corrected chi connectivity index (χ4v) is 3.00. The van der Waals surface area contributed by atoms with Crippen LogP contribution in [0.15, 0.2) is 30.3 Å². The molecule has 7 heteroatoms. The number of morpholine rings is 1. The summed E-state index contributed by atoms with van der Waals surface area (Å²) in [7, 11) is 0. The minimum Gasteiger partial charge on any atom is -0.395 e. The first-order chi connectivity index (χ1) is 12.2. The second kappa shape index (κ2) is 8.24. The molecule has 0 saturated carbocycles. The minimum atomic E-state index is 0.0351. The summed E-state index contributed by atoms with van der Waals surface area (Å²) in [5.74, 6) is 0.825. The van der Waals surface area contributed by atoms with Gasteiger partial charge in [-0.2, -0.15) is 4.98 Å². The zero-order valence-electron chi connectivity index (χ0n) is 14.5. The molecule has 1 fully saturated rings. The number of rotatable bonds is 6. The highest BCUT2D eigenvalue weighted by molar-refractivity contribution is 5.64. The Morgan fingerprint density at radius 3 is 2.64 bits per heavy atom. The van der Waals surface area contributed by atoms with Gasteiger partial charge in [-0.3, -0.25) is 4.90 Å². The predicted molar refractivity (Wildman–Crippen MR) is 98.3 cm³/mol. The first kappa shape index (κ1) is 17.6. The van der Waals surface area contributed by atoms with E-state index in [0.29, 0.717) is 18.4 Å². The molecule has 0 radical (unpaired) electrons. The van der Waals surface area contributed by atoms with Crippen LogP contribution in [0, 0.1) is 0 Å². The summed E-state index contributed by atoms with van der Waals surface area (Å²) < 4.78 is 5.42. The molecule has 3 rings (SSSR count). The van der Waals surface area contributed by atoms with E-state index in [1.807, 2.05) is 6.07 Å². The quantitative estimate of drug-likeness (QED) is 0.732. The molecule has 0 bridgehead atoms. The third kappa shape index (κ3) is 4.45. The highest BCUT2D eigenvalue weighted by Gasteiger charge is 2.18. The van der Waals surface area contributed by atoms with Crippen LogP contribution in [0.1, 0.15) is 18.5 Å². The normalized spacial score (nSPS) is 16.6. The largest absolute Gasteiger partial charge is 0.395 e. The highest BCUT2D eigenvalue weighted by Crippen LogP contribution is 2.25. The van der Waals surface area contributed by atoms with Crippen LogP contribution in [-0.2, 0) is 4.74 Å². The van der Waals surface area contributed by atoms with Crippen molar-refractivity contribution in [3.8, 4) is 11.3 Å². The van der Waals surface area contributed by atoms with E-state index in [-0.39, 0.29) is 12.6 Å². The first-order valence-electron chi connectivity index (χ1n) is 8.59. The summed E-state index contributed by atoms with van der Waals surface area (Å²) in [6.07, 6.45) is 0. The van der Waals surface area contributed by atoms with E-state index < -0.39 is 0 Å². The fraction of sp³-hybridized carbons (Fsp3) is 0.444. The Balaban J connectivity index is 1.76. The van der Waals surface area contributed by atoms with Gasteiger partial charge in [-0.1, -0.05) is 24.3 Å². The van der Waals surface area contributed by atoms with Crippen molar-refractivity contribution in [3.05, 3.63) is 35.9 Å². The molecule has 2 aromatic rings. The maximum absolute atomic E-state index is 8.92. The molecule has 1 atom stereocenters. The molecular formula is C18H25N5O2. The van der Waals surface area contributed by atoms with E-state index in [2.05, 4.69) is 51.4 Å². The molecule has 0 aliphatic carbocycles. The monoisotopic (exact) mass is 343 g/mol. The van der Waals surface area contributed by atoms with Crippen molar-refractivity contribution in [1.82, 2.24) is 14.9 Å². The number of hydrogen-bond donors (Lipinski definition) is 3. The number of nitrogens with zero attached hydrogens (tertiary/aromatic N) is 3. The molecule has 1 aromatic carbocycles. The number of nitrogens with one attached hydrogen (secondary N) is 1. The van der Waals surface area contributed by atoms with E-state index >= 15 is 0 Å². The number of nitrogens with two attached hydrogens (primary N) is 1. The predicted octanol–water partition coefficient (Wildman–Crippen LogP) is 1.52. The Hall–Kier alpha value is -2.22. The fourth-order valence-electron chi connectivity index (χ4n) is 3.00. The first-order valence-corrected chi connectivity index (χ1v) is 8.59. The second-order valence-electron chi connectivity index (χ2n) is 6.09.